The van der Waals surface area contributed by atoms with Gasteiger partial charge in [-0.1, -0.05) is 250 Å². The maximum Gasteiger partial charge on any atom is 0.249 e. The summed E-state index contributed by atoms with van der Waals surface area (Å²) in [5.41, 5.74) is 0. The minimum Gasteiger partial charge on any atom is -0.394 e. The third-order valence-electron chi connectivity index (χ3n) is 15.0. The number of amides is 1. The molecule has 1 amide bonds. The Morgan fingerprint density at radius 1 is 0.472 bits per heavy atom. The first-order valence-electron chi connectivity index (χ1n) is 30.7. The molecule has 0 aromatic heterocycles. The predicted molar refractivity (Wildman–Crippen MR) is 298 cm³/mol. The molecule has 8 N–H and O–H groups in total. The molecule has 0 aromatic rings. The second-order valence-electron chi connectivity index (χ2n) is 21.8. The van der Waals surface area contributed by atoms with Gasteiger partial charge in [-0.25, -0.2) is 0 Å². The maximum atomic E-state index is 13.2. The molecule has 1 saturated heterocycles. The number of carbonyl (C=O) groups is 1. The van der Waals surface area contributed by atoms with Crippen LogP contribution in [0.1, 0.15) is 290 Å². The number of rotatable bonds is 53. The largest absolute Gasteiger partial charge is 0.394 e. The van der Waals surface area contributed by atoms with E-state index in [1.165, 1.54) is 193 Å². The normalized spacial score (nSPS) is 20.2. The number of aliphatic hydroxyl groups excluding tert-OH is 7. The maximum absolute atomic E-state index is 13.2. The Kier molecular flexibility index (Phi) is 48.0. The van der Waals surface area contributed by atoms with Crippen molar-refractivity contribution in [2.24, 2.45) is 0 Å². The first-order chi connectivity index (χ1) is 35.2. The van der Waals surface area contributed by atoms with Crippen molar-refractivity contribution in [1.29, 1.82) is 0 Å². The average Bonchev–Trinajstić information content (AvgIpc) is 3.38. The summed E-state index contributed by atoms with van der Waals surface area (Å²) in [5.74, 6) is -0.708. The van der Waals surface area contributed by atoms with Gasteiger partial charge in [-0.3, -0.25) is 4.79 Å². The van der Waals surface area contributed by atoms with Gasteiger partial charge in [0.15, 0.2) is 6.29 Å². The quantitative estimate of drug-likeness (QED) is 0.0215. The van der Waals surface area contributed by atoms with Gasteiger partial charge in [-0.05, 0) is 64.2 Å². The van der Waals surface area contributed by atoms with Gasteiger partial charge in [0.25, 0.3) is 0 Å². The summed E-state index contributed by atoms with van der Waals surface area (Å²) in [6.07, 6.45) is 49.6. The molecule has 0 spiro atoms. The lowest BCUT2D eigenvalue weighted by atomic mass is 9.98. The molecule has 0 radical (unpaired) electrons. The molecule has 0 bridgehead atoms. The fourth-order valence-electron chi connectivity index (χ4n) is 9.97. The van der Waals surface area contributed by atoms with E-state index in [0.717, 1.165) is 57.8 Å². The lowest BCUT2D eigenvalue weighted by Crippen LogP contribution is -2.60. The SMILES string of the molecule is CCCCCCCCCC/C=C\CCCCCCCCC(O)C(=O)NC(COC1OC(CO)C(O)C(O)C1O)C(O)C(O)CCC/C=C/CCCCCCCCCCCCCCCCCCCCCCCC. The van der Waals surface area contributed by atoms with Gasteiger partial charge in [0.1, 0.15) is 36.6 Å². The molecule has 11 nitrogen and oxygen atoms in total. The van der Waals surface area contributed by atoms with E-state index in [-0.39, 0.29) is 12.8 Å². The minimum atomic E-state index is -1.67. The van der Waals surface area contributed by atoms with E-state index in [1.54, 1.807) is 0 Å². The molecule has 0 aromatic carbocycles. The van der Waals surface area contributed by atoms with Gasteiger partial charge in [-0.15, -0.1) is 0 Å². The van der Waals surface area contributed by atoms with Crippen LogP contribution in [-0.4, -0.2) is 110 Å². The van der Waals surface area contributed by atoms with Crippen LogP contribution in [-0.2, 0) is 14.3 Å². The molecule has 426 valence electrons. The Balaban J connectivity index is 2.28. The Bertz CT molecular complexity index is 1220. The molecule has 1 fully saturated rings. The van der Waals surface area contributed by atoms with Gasteiger partial charge >= 0.3 is 0 Å². The molecular weight excluding hydrogens is 907 g/mol. The summed E-state index contributed by atoms with van der Waals surface area (Å²) in [6.45, 7) is 3.47. The second-order valence-corrected chi connectivity index (χ2v) is 21.8. The van der Waals surface area contributed by atoms with E-state index in [2.05, 4.69) is 43.5 Å². The minimum absolute atomic E-state index is 0.248. The van der Waals surface area contributed by atoms with Crippen LogP contribution in [0, 0.1) is 0 Å². The van der Waals surface area contributed by atoms with E-state index in [4.69, 9.17) is 9.47 Å². The summed E-state index contributed by atoms with van der Waals surface area (Å²) >= 11 is 0. The first kappa shape index (κ1) is 68.6. The number of nitrogens with one attached hydrogen (secondary N) is 1. The number of unbranched alkanes of at least 4 members (excludes halogenated alkanes) is 37. The van der Waals surface area contributed by atoms with E-state index in [9.17, 15) is 40.5 Å². The Labute approximate surface area is 442 Å². The van der Waals surface area contributed by atoms with Gasteiger partial charge in [0.05, 0.1) is 25.4 Å². The van der Waals surface area contributed by atoms with Gasteiger partial charge in [-0.2, -0.15) is 0 Å². The van der Waals surface area contributed by atoms with Crippen LogP contribution in [0.4, 0.5) is 0 Å². The van der Waals surface area contributed by atoms with Crippen molar-refractivity contribution < 1.29 is 50.0 Å². The second kappa shape index (κ2) is 50.4. The number of hydrogen-bond acceptors (Lipinski definition) is 10. The van der Waals surface area contributed by atoms with Crippen molar-refractivity contribution in [2.75, 3.05) is 13.2 Å². The third-order valence-corrected chi connectivity index (χ3v) is 15.0. The summed E-state index contributed by atoms with van der Waals surface area (Å²) < 4.78 is 11.1. The van der Waals surface area contributed by atoms with E-state index in [1.807, 2.05) is 0 Å². The molecule has 0 aliphatic carbocycles. The van der Waals surface area contributed by atoms with Crippen LogP contribution in [0.15, 0.2) is 24.3 Å². The van der Waals surface area contributed by atoms with Crippen LogP contribution in [0.5, 0.6) is 0 Å². The Morgan fingerprint density at radius 2 is 0.819 bits per heavy atom. The number of hydrogen-bond donors (Lipinski definition) is 8. The van der Waals surface area contributed by atoms with Crippen molar-refractivity contribution in [2.45, 2.75) is 345 Å². The first-order valence-corrected chi connectivity index (χ1v) is 30.7. The fraction of sp³-hybridized carbons (Fsp3) is 0.918. The zero-order chi connectivity index (χ0) is 52.5. The van der Waals surface area contributed by atoms with Gasteiger partial charge < -0.3 is 50.5 Å². The van der Waals surface area contributed by atoms with E-state index >= 15 is 0 Å². The number of aliphatic hydroxyl groups is 7. The molecule has 1 aliphatic rings. The summed E-state index contributed by atoms with van der Waals surface area (Å²) in [5, 5.41) is 76.2. The van der Waals surface area contributed by atoms with Crippen LogP contribution < -0.4 is 5.32 Å². The van der Waals surface area contributed by atoms with Crippen LogP contribution in [0.2, 0.25) is 0 Å². The molecular formula is C61H117NO10. The fourth-order valence-corrected chi connectivity index (χ4v) is 9.97. The van der Waals surface area contributed by atoms with Crippen molar-refractivity contribution in [3.8, 4) is 0 Å². The van der Waals surface area contributed by atoms with Crippen LogP contribution in [0.25, 0.3) is 0 Å². The van der Waals surface area contributed by atoms with Crippen LogP contribution in [0.3, 0.4) is 0 Å². The molecule has 0 saturated carbocycles. The lowest BCUT2D eigenvalue weighted by Gasteiger charge is -2.40. The smallest absolute Gasteiger partial charge is 0.249 e. The molecule has 1 rings (SSSR count). The lowest BCUT2D eigenvalue weighted by molar-refractivity contribution is -0.303. The molecule has 9 atom stereocenters. The number of carbonyl (C=O) groups excluding carboxylic acids is 1. The molecule has 1 heterocycles. The van der Waals surface area contributed by atoms with Gasteiger partial charge in [0.2, 0.25) is 5.91 Å². The highest BCUT2D eigenvalue weighted by molar-refractivity contribution is 5.80. The van der Waals surface area contributed by atoms with E-state index in [0.29, 0.717) is 12.8 Å². The van der Waals surface area contributed by atoms with E-state index < -0.39 is 74.2 Å². The molecule has 72 heavy (non-hydrogen) atoms. The van der Waals surface area contributed by atoms with Crippen molar-refractivity contribution >= 4 is 5.91 Å². The highest BCUT2D eigenvalue weighted by Gasteiger charge is 2.44. The standard InChI is InChI=1S/C61H117NO10/c1-3-5-7-9-11-13-15-17-19-21-23-24-25-26-27-28-29-30-31-33-34-36-38-40-42-44-46-48-53(64)56(66)52(51-71-61-59(69)58(68)57(67)55(50-63)72-61)62-60(70)54(65)49-47-45-43-41-39-37-35-32-22-20-18-16-14-12-10-8-6-4-2/h22,32,40,42,52-59,61,63-69H,3-21,23-31,33-39,41,43-51H2,1-2H3,(H,62,70)/b32-22-,42-40+. The Morgan fingerprint density at radius 3 is 1.19 bits per heavy atom. The average molecular weight is 1020 g/mol. The van der Waals surface area contributed by atoms with Crippen molar-refractivity contribution in [3.63, 3.8) is 0 Å². The molecule has 9 unspecified atom stereocenters. The zero-order valence-electron chi connectivity index (χ0n) is 46.7. The molecule has 1 aliphatic heterocycles. The summed E-state index contributed by atoms with van der Waals surface area (Å²) in [4.78, 5) is 13.2. The monoisotopic (exact) mass is 1020 g/mol. The number of ether oxygens (including phenoxy) is 2. The highest BCUT2D eigenvalue weighted by atomic mass is 16.7. The van der Waals surface area contributed by atoms with Gasteiger partial charge in [0, 0.05) is 0 Å². The summed E-state index contributed by atoms with van der Waals surface area (Å²) in [6, 6.07) is -1.19. The van der Waals surface area contributed by atoms with Crippen molar-refractivity contribution in [1.82, 2.24) is 5.32 Å². The Hall–Kier alpha value is -1.41. The zero-order valence-corrected chi connectivity index (χ0v) is 46.7. The third kappa shape index (κ3) is 38.2. The van der Waals surface area contributed by atoms with Crippen molar-refractivity contribution in [3.05, 3.63) is 24.3 Å². The topological polar surface area (TPSA) is 189 Å². The number of allylic oxidation sites excluding steroid dienone is 4. The summed E-state index contributed by atoms with van der Waals surface area (Å²) in [7, 11) is 0. The highest BCUT2D eigenvalue weighted by Crippen LogP contribution is 2.23. The van der Waals surface area contributed by atoms with Crippen LogP contribution >= 0.6 is 0 Å². The predicted octanol–water partition coefficient (Wildman–Crippen LogP) is 13.3. The molecule has 11 heteroatoms.